The second-order valence-corrected chi connectivity index (χ2v) is 3.38. The Morgan fingerprint density at radius 2 is 1.91 bits per heavy atom. The van der Waals surface area contributed by atoms with E-state index in [0.29, 0.717) is 5.92 Å². The van der Waals surface area contributed by atoms with Gasteiger partial charge in [-0.1, -0.05) is 13.8 Å². The van der Waals surface area contributed by atoms with Crippen molar-refractivity contribution in [3.63, 3.8) is 0 Å². The van der Waals surface area contributed by atoms with Gasteiger partial charge in [0.2, 0.25) is 5.91 Å². The van der Waals surface area contributed by atoms with E-state index in [0.717, 1.165) is 12.8 Å². The van der Waals surface area contributed by atoms with E-state index in [1.807, 2.05) is 6.92 Å². The van der Waals surface area contributed by atoms with Gasteiger partial charge in [0, 0.05) is 6.04 Å². The fraction of sp³-hybridized carbons (Fsp3) is 0.778. The molecule has 1 amide bonds. The van der Waals surface area contributed by atoms with E-state index < -0.39 is 5.91 Å². The molecule has 0 aliphatic heterocycles. The van der Waals surface area contributed by atoms with E-state index in [2.05, 4.69) is 19.2 Å². The molecule has 2 radical (unpaired) electrons. The van der Waals surface area contributed by atoms with E-state index in [9.17, 15) is 4.79 Å². The molecule has 1 atom stereocenters. The highest BCUT2D eigenvalue weighted by atomic mass is 16.1. The fourth-order valence-electron chi connectivity index (χ4n) is 0.898. The second-order valence-electron chi connectivity index (χ2n) is 3.38. The van der Waals surface area contributed by atoms with Gasteiger partial charge < -0.3 is 5.32 Å². The van der Waals surface area contributed by atoms with Gasteiger partial charge in [0.15, 0.2) is 0 Å². The van der Waals surface area contributed by atoms with E-state index in [1.165, 1.54) is 0 Å². The Balaban J connectivity index is 3.37. The molecule has 11 heavy (non-hydrogen) atoms. The van der Waals surface area contributed by atoms with Gasteiger partial charge in [-0.05, 0) is 25.7 Å². The first-order valence-electron chi connectivity index (χ1n) is 4.08. The lowest BCUT2D eigenvalue weighted by Crippen LogP contribution is -2.30. The summed E-state index contributed by atoms with van der Waals surface area (Å²) in [6.07, 6.45) is 2.13. The lowest BCUT2D eigenvalue weighted by atomic mass is 10.0. The summed E-state index contributed by atoms with van der Waals surface area (Å²) in [4.78, 5) is 10.4. The Kier molecular flexibility index (Phi) is 4.92. The molecule has 0 aromatic carbocycles. The summed E-state index contributed by atoms with van der Waals surface area (Å²) in [5.74, 6) is 0.258. The molecule has 0 saturated heterocycles. The lowest BCUT2D eigenvalue weighted by Gasteiger charge is -2.12. The SMILES string of the molecule is [CH]C(=O)NC(C)CCC(C)C. The molecule has 0 fully saturated rings. The van der Waals surface area contributed by atoms with Crippen molar-refractivity contribution in [2.45, 2.75) is 39.7 Å². The van der Waals surface area contributed by atoms with Gasteiger partial charge in [-0.25, -0.2) is 0 Å². The van der Waals surface area contributed by atoms with Crippen molar-refractivity contribution in [2.24, 2.45) is 5.92 Å². The Bertz CT molecular complexity index is 121. The summed E-state index contributed by atoms with van der Waals surface area (Å²) in [6.45, 7) is 11.2. The molecule has 0 aromatic heterocycles. The predicted molar refractivity (Wildman–Crippen MR) is 46.0 cm³/mol. The highest BCUT2D eigenvalue weighted by molar-refractivity contribution is 5.80. The Hall–Kier alpha value is -0.530. The summed E-state index contributed by atoms with van der Waals surface area (Å²) in [6, 6.07) is 0.204. The minimum Gasteiger partial charge on any atom is -0.353 e. The maximum absolute atomic E-state index is 10.4. The molecule has 0 aromatic rings. The van der Waals surface area contributed by atoms with E-state index in [4.69, 9.17) is 6.92 Å². The van der Waals surface area contributed by atoms with Crippen molar-refractivity contribution in [1.82, 2.24) is 5.32 Å². The van der Waals surface area contributed by atoms with Gasteiger partial charge in [-0.2, -0.15) is 0 Å². The molecule has 0 aliphatic carbocycles. The number of amides is 1. The molecule has 0 spiro atoms. The van der Waals surface area contributed by atoms with Crippen LogP contribution < -0.4 is 5.32 Å². The summed E-state index contributed by atoms with van der Waals surface area (Å²) in [5, 5.41) is 2.64. The number of nitrogens with one attached hydrogen (secondary N) is 1. The van der Waals surface area contributed by atoms with Crippen molar-refractivity contribution in [3.8, 4) is 0 Å². The van der Waals surface area contributed by atoms with Gasteiger partial charge >= 0.3 is 0 Å². The summed E-state index contributed by atoms with van der Waals surface area (Å²) < 4.78 is 0. The summed E-state index contributed by atoms with van der Waals surface area (Å²) in [7, 11) is 0. The highest BCUT2D eigenvalue weighted by Crippen LogP contribution is 2.05. The normalized spacial score (nSPS) is 13.2. The Morgan fingerprint density at radius 1 is 1.36 bits per heavy atom. The topological polar surface area (TPSA) is 29.1 Å². The van der Waals surface area contributed by atoms with Crippen LogP contribution in [0, 0.1) is 12.8 Å². The zero-order valence-electron chi connectivity index (χ0n) is 7.55. The number of hydrogen-bond donors (Lipinski definition) is 1. The zero-order chi connectivity index (χ0) is 8.85. The summed E-state index contributed by atoms with van der Waals surface area (Å²) in [5.41, 5.74) is 0. The lowest BCUT2D eigenvalue weighted by molar-refractivity contribution is -0.117. The standard InChI is InChI=1S/C9H17NO/c1-7(2)5-6-8(3)10-9(4)11/h4,7-8H,5-6H2,1-3H3,(H,10,11). The van der Waals surface area contributed by atoms with Gasteiger partial charge in [-0.3, -0.25) is 4.79 Å². The predicted octanol–water partition coefficient (Wildman–Crippen LogP) is 1.64. The van der Waals surface area contributed by atoms with Gasteiger partial charge in [0.05, 0.1) is 6.92 Å². The minimum absolute atomic E-state index is 0.204. The first kappa shape index (κ1) is 10.5. The van der Waals surface area contributed by atoms with Crippen LogP contribution in [0.15, 0.2) is 0 Å². The molecule has 1 N–H and O–H groups in total. The third kappa shape index (κ3) is 7.37. The molecule has 2 heteroatoms. The first-order chi connectivity index (χ1) is 5.02. The summed E-state index contributed by atoms with van der Waals surface area (Å²) >= 11 is 0. The van der Waals surface area contributed by atoms with Crippen LogP contribution in [0.2, 0.25) is 0 Å². The molecule has 2 nitrogen and oxygen atoms in total. The maximum Gasteiger partial charge on any atom is 0.224 e. The van der Waals surface area contributed by atoms with E-state index in [1.54, 1.807) is 0 Å². The molecule has 0 saturated carbocycles. The molecule has 1 unspecified atom stereocenters. The largest absolute Gasteiger partial charge is 0.353 e. The van der Waals surface area contributed by atoms with Crippen LogP contribution in [0.1, 0.15) is 33.6 Å². The van der Waals surface area contributed by atoms with Crippen molar-refractivity contribution in [1.29, 1.82) is 0 Å². The Labute approximate surface area is 69.4 Å². The average molecular weight is 155 g/mol. The molecule has 0 bridgehead atoms. The number of carbonyl (C=O) groups excluding carboxylic acids is 1. The smallest absolute Gasteiger partial charge is 0.224 e. The molecule has 0 rings (SSSR count). The van der Waals surface area contributed by atoms with Crippen LogP contribution in [0.4, 0.5) is 0 Å². The minimum atomic E-state index is -0.429. The number of rotatable bonds is 4. The molecule has 0 heterocycles. The van der Waals surface area contributed by atoms with Gasteiger partial charge in [-0.15, -0.1) is 0 Å². The molecular weight excluding hydrogens is 138 g/mol. The van der Waals surface area contributed by atoms with Gasteiger partial charge in [0.1, 0.15) is 0 Å². The monoisotopic (exact) mass is 155 g/mol. The quantitative estimate of drug-likeness (QED) is 0.657. The van der Waals surface area contributed by atoms with Crippen LogP contribution in [-0.2, 0) is 4.79 Å². The van der Waals surface area contributed by atoms with Crippen LogP contribution >= 0.6 is 0 Å². The van der Waals surface area contributed by atoms with E-state index in [-0.39, 0.29) is 6.04 Å². The van der Waals surface area contributed by atoms with Crippen LogP contribution in [0.5, 0.6) is 0 Å². The second kappa shape index (κ2) is 5.16. The van der Waals surface area contributed by atoms with Crippen molar-refractivity contribution in [2.75, 3.05) is 0 Å². The van der Waals surface area contributed by atoms with Crippen molar-refractivity contribution < 1.29 is 4.79 Å². The van der Waals surface area contributed by atoms with Crippen molar-refractivity contribution >= 4 is 5.91 Å². The van der Waals surface area contributed by atoms with E-state index >= 15 is 0 Å². The van der Waals surface area contributed by atoms with Gasteiger partial charge in [0.25, 0.3) is 0 Å². The number of carbonyl (C=O) groups is 1. The molecular formula is C9H17NO. The molecule has 0 aliphatic rings. The third-order valence-electron chi connectivity index (χ3n) is 1.57. The Morgan fingerprint density at radius 3 is 2.27 bits per heavy atom. The highest BCUT2D eigenvalue weighted by Gasteiger charge is 2.03. The van der Waals surface area contributed by atoms with Crippen molar-refractivity contribution in [3.05, 3.63) is 6.92 Å². The fourth-order valence-corrected chi connectivity index (χ4v) is 0.898. The van der Waals surface area contributed by atoms with Crippen LogP contribution in [0.25, 0.3) is 0 Å². The zero-order valence-corrected chi connectivity index (χ0v) is 7.55. The number of hydrogen-bond acceptors (Lipinski definition) is 1. The third-order valence-corrected chi connectivity index (χ3v) is 1.57. The first-order valence-corrected chi connectivity index (χ1v) is 4.08. The van der Waals surface area contributed by atoms with Crippen LogP contribution in [0.3, 0.4) is 0 Å². The van der Waals surface area contributed by atoms with Crippen LogP contribution in [-0.4, -0.2) is 11.9 Å². The molecule has 64 valence electrons. The average Bonchev–Trinajstić information content (AvgIpc) is 1.82. The maximum atomic E-state index is 10.4.